The van der Waals surface area contributed by atoms with E-state index in [4.69, 9.17) is 16.3 Å². The van der Waals surface area contributed by atoms with Gasteiger partial charge in [0.05, 0.1) is 12.7 Å². The summed E-state index contributed by atoms with van der Waals surface area (Å²) in [6.07, 6.45) is 0. The van der Waals surface area contributed by atoms with Crippen molar-refractivity contribution in [1.29, 1.82) is 0 Å². The molecule has 100 valence electrons. The standard InChI is InChI=1S/C13H19ClN2O2/c1-9(16(2)3)8-15-13(17)11-6-5-10(14)7-12(11)18-4/h5-7,9H,8H2,1-4H3,(H,15,17)/t9-/m1/s1. The van der Waals surface area contributed by atoms with E-state index in [2.05, 4.69) is 5.32 Å². The molecule has 0 spiro atoms. The molecule has 1 amide bonds. The molecule has 1 aromatic carbocycles. The Bertz CT molecular complexity index is 421. The second-order valence-electron chi connectivity index (χ2n) is 4.37. The van der Waals surface area contributed by atoms with E-state index >= 15 is 0 Å². The minimum atomic E-state index is -0.155. The van der Waals surface area contributed by atoms with Crippen molar-refractivity contribution >= 4 is 17.5 Å². The van der Waals surface area contributed by atoms with Crippen LogP contribution in [0.2, 0.25) is 5.02 Å². The molecule has 0 unspecified atom stereocenters. The lowest BCUT2D eigenvalue weighted by Crippen LogP contribution is -2.38. The number of nitrogens with zero attached hydrogens (tertiary/aromatic N) is 1. The van der Waals surface area contributed by atoms with Crippen molar-refractivity contribution in [2.75, 3.05) is 27.7 Å². The Hall–Kier alpha value is -1.26. The minimum Gasteiger partial charge on any atom is -0.496 e. The molecule has 1 aromatic rings. The number of hydrogen-bond acceptors (Lipinski definition) is 3. The number of carbonyl (C=O) groups is 1. The maximum atomic E-state index is 12.0. The van der Waals surface area contributed by atoms with Gasteiger partial charge in [-0.3, -0.25) is 4.79 Å². The molecule has 5 heteroatoms. The van der Waals surface area contributed by atoms with Gasteiger partial charge in [-0.05, 0) is 39.2 Å². The van der Waals surface area contributed by atoms with Crippen LogP contribution in [-0.4, -0.2) is 44.6 Å². The van der Waals surface area contributed by atoms with Crippen LogP contribution in [-0.2, 0) is 0 Å². The van der Waals surface area contributed by atoms with E-state index in [0.717, 1.165) is 0 Å². The number of methoxy groups -OCH3 is 1. The first-order valence-corrected chi connectivity index (χ1v) is 6.11. The number of amides is 1. The lowest BCUT2D eigenvalue weighted by atomic mass is 10.2. The Balaban J connectivity index is 2.72. The Morgan fingerprint density at radius 1 is 1.50 bits per heavy atom. The average molecular weight is 271 g/mol. The molecule has 18 heavy (non-hydrogen) atoms. The summed E-state index contributed by atoms with van der Waals surface area (Å²) in [6, 6.07) is 5.24. The summed E-state index contributed by atoms with van der Waals surface area (Å²) in [5.74, 6) is 0.328. The third-order valence-electron chi connectivity index (χ3n) is 2.85. The topological polar surface area (TPSA) is 41.6 Å². The molecule has 0 fully saturated rings. The van der Waals surface area contributed by atoms with E-state index < -0.39 is 0 Å². The highest BCUT2D eigenvalue weighted by Crippen LogP contribution is 2.22. The van der Waals surface area contributed by atoms with Crippen LogP contribution >= 0.6 is 11.6 Å². The maximum absolute atomic E-state index is 12.0. The number of carbonyl (C=O) groups excluding carboxylic acids is 1. The normalized spacial score (nSPS) is 12.3. The molecule has 0 bridgehead atoms. The monoisotopic (exact) mass is 270 g/mol. The first kappa shape index (κ1) is 14.8. The van der Waals surface area contributed by atoms with Crippen LogP contribution < -0.4 is 10.1 Å². The van der Waals surface area contributed by atoms with Gasteiger partial charge in [-0.2, -0.15) is 0 Å². The molecule has 0 aromatic heterocycles. The van der Waals surface area contributed by atoms with Crippen LogP contribution in [0, 0.1) is 0 Å². The summed E-state index contributed by atoms with van der Waals surface area (Å²) in [5.41, 5.74) is 0.493. The van der Waals surface area contributed by atoms with Crippen molar-refractivity contribution in [3.05, 3.63) is 28.8 Å². The van der Waals surface area contributed by atoms with Crippen LogP contribution in [0.3, 0.4) is 0 Å². The number of ether oxygens (including phenoxy) is 1. The summed E-state index contributed by atoms with van der Waals surface area (Å²) in [5, 5.41) is 3.42. The van der Waals surface area contributed by atoms with Crippen molar-refractivity contribution in [2.45, 2.75) is 13.0 Å². The molecule has 0 heterocycles. The van der Waals surface area contributed by atoms with Gasteiger partial charge in [0.25, 0.3) is 5.91 Å². The molecule has 1 rings (SSSR count). The summed E-state index contributed by atoms with van der Waals surface area (Å²) in [6.45, 7) is 2.62. The highest BCUT2D eigenvalue weighted by Gasteiger charge is 2.13. The second kappa shape index (κ2) is 6.61. The van der Waals surface area contributed by atoms with Gasteiger partial charge >= 0.3 is 0 Å². The van der Waals surface area contributed by atoms with Crippen molar-refractivity contribution in [3.63, 3.8) is 0 Å². The zero-order valence-electron chi connectivity index (χ0n) is 11.2. The number of benzene rings is 1. The highest BCUT2D eigenvalue weighted by atomic mass is 35.5. The fourth-order valence-electron chi connectivity index (χ4n) is 1.37. The van der Waals surface area contributed by atoms with E-state index in [1.54, 1.807) is 18.2 Å². The van der Waals surface area contributed by atoms with Crippen LogP contribution in [0.4, 0.5) is 0 Å². The van der Waals surface area contributed by atoms with E-state index in [1.165, 1.54) is 7.11 Å². The van der Waals surface area contributed by atoms with Gasteiger partial charge in [0.1, 0.15) is 5.75 Å². The first-order chi connectivity index (χ1) is 8.45. The smallest absolute Gasteiger partial charge is 0.255 e. The molecule has 0 saturated heterocycles. The van der Waals surface area contributed by atoms with Crippen molar-refractivity contribution < 1.29 is 9.53 Å². The average Bonchev–Trinajstić information content (AvgIpc) is 2.34. The third kappa shape index (κ3) is 3.89. The van der Waals surface area contributed by atoms with E-state index in [9.17, 15) is 4.79 Å². The molecule has 1 N–H and O–H groups in total. The largest absolute Gasteiger partial charge is 0.496 e. The van der Waals surface area contributed by atoms with Crippen molar-refractivity contribution in [3.8, 4) is 5.75 Å². The third-order valence-corrected chi connectivity index (χ3v) is 3.08. The second-order valence-corrected chi connectivity index (χ2v) is 4.80. The van der Waals surface area contributed by atoms with Gasteiger partial charge in [0.2, 0.25) is 0 Å². The van der Waals surface area contributed by atoms with Crippen LogP contribution in [0.25, 0.3) is 0 Å². The Labute approximate surface area is 113 Å². The molecular weight excluding hydrogens is 252 g/mol. The molecule has 0 aliphatic heterocycles. The number of likely N-dealkylation sites (N-methyl/N-ethyl adjacent to an activating group) is 1. The number of nitrogens with one attached hydrogen (secondary N) is 1. The number of rotatable bonds is 5. The maximum Gasteiger partial charge on any atom is 0.255 e. The van der Waals surface area contributed by atoms with Crippen LogP contribution in [0.5, 0.6) is 5.75 Å². The van der Waals surface area contributed by atoms with Gasteiger partial charge in [-0.15, -0.1) is 0 Å². The lowest BCUT2D eigenvalue weighted by molar-refractivity contribution is 0.0940. The van der Waals surface area contributed by atoms with Crippen LogP contribution in [0.15, 0.2) is 18.2 Å². The van der Waals surface area contributed by atoms with E-state index in [0.29, 0.717) is 22.9 Å². The molecule has 0 aliphatic carbocycles. The highest BCUT2D eigenvalue weighted by molar-refractivity contribution is 6.30. The van der Waals surface area contributed by atoms with Gasteiger partial charge in [0.15, 0.2) is 0 Å². The van der Waals surface area contributed by atoms with E-state index in [1.807, 2.05) is 25.9 Å². The Morgan fingerprint density at radius 2 is 2.17 bits per heavy atom. The summed E-state index contributed by atoms with van der Waals surface area (Å²) in [7, 11) is 5.46. The summed E-state index contributed by atoms with van der Waals surface area (Å²) < 4.78 is 5.15. The van der Waals surface area contributed by atoms with Gasteiger partial charge < -0.3 is 15.0 Å². The van der Waals surface area contributed by atoms with Gasteiger partial charge in [0, 0.05) is 17.6 Å². The first-order valence-electron chi connectivity index (χ1n) is 5.74. The van der Waals surface area contributed by atoms with Crippen LogP contribution in [0.1, 0.15) is 17.3 Å². The Morgan fingerprint density at radius 3 is 2.72 bits per heavy atom. The summed E-state index contributed by atoms with van der Waals surface area (Å²) in [4.78, 5) is 14.1. The van der Waals surface area contributed by atoms with Gasteiger partial charge in [-0.1, -0.05) is 11.6 Å². The van der Waals surface area contributed by atoms with Crippen molar-refractivity contribution in [1.82, 2.24) is 10.2 Å². The SMILES string of the molecule is COc1cc(Cl)ccc1C(=O)NC[C@@H](C)N(C)C. The number of hydrogen-bond donors (Lipinski definition) is 1. The molecular formula is C13H19ClN2O2. The minimum absolute atomic E-state index is 0.155. The quantitative estimate of drug-likeness (QED) is 0.890. The lowest BCUT2D eigenvalue weighted by Gasteiger charge is -2.20. The number of halogens is 1. The zero-order chi connectivity index (χ0) is 13.7. The fraction of sp³-hybridized carbons (Fsp3) is 0.462. The van der Waals surface area contributed by atoms with E-state index in [-0.39, 0.29) is 11.9 Å². The Kier molecular flexibility index (Phi) is 5.44. The predicted molar refractivity (Wildman–Crippen MR) is 73.5 cm³/mol. The molecule has 0 aliphatic rings. The van der Waals surface area contributed by atoms with Gasteiger partial charge in [-0.25, -0.2) is 0 Å². The molecule has 0 saturated carbocycles. The predicted octanol–water partition coefficient (Wildman–Crippen LogP) is 2.03. The fourth-order valence-corrected chi connectivity index (χ4v) is 1.53. The molecule has 4 nitrogen and oxygen atoms in total. The van der Waals surface area contributed by atoms with Crippen molar-refractivity contribution in [2.24, 2.45) is 0 Å². The molecule has 1 atom stereocenters. The zero-order valence-corrected chi connectivity index (χ0v) is 11.9. The summed E-state index contributed by atoms with van der Waals surface area (Å²) >= 11 is 5.85. The molecule has 0 radical (unpaired) electrons.